The van der Waals surface area contributed by atoms with Gasteiger partial charge in [-0.15, -0.1) is 10.2 Å². The lowest BCUT2D eigenvalue weighted by molar-refractivity contribution is 0.316. The molecular formula is C13H14ClN3OS. The van der Waals surface area contributed by atoms with Crippen molar-refractivity contribution in [3.8, 4) is 5.75 Å². The van der Waals surface area contributed by atoms with Gasteiger partial charge in [-0.1, -0.05) is 29.0 Å². The molecule has 0 radical (unpaired) electrons. The highest BCUT2D eigenvalue weighted by atomic mass is 35.5. The lowest BCUT2D eigenvalue weighted by Crippen LogP contribution is -2.10. The second kappa shape index (κ2) is 5.35. The summed E-state index contributed by atoms with van der Waals surface area (Å²) in [6.45, 7) is 2.67. The Kier molecular flexibility index (Phi) is 3.57. The van der Waals surface area contributed by atoms with E-state index in [4.69, 9.17) is 16.3 Å². The van der Waals surface area contributed by atoms with Gasteiger partial charge in [0.1, 0.15) is 10.8 Å². The molecule has 100 valence electrons. The Morgan fingerprint density at radius 2 is 2.32 bits per heavy atom. The molecule has 0 spiro atoms. The summed E-state index contributed by atoms with van der Waals surface area (Å²) in [7, 11) is 0. The Morgan fingerprint density at radius 1 is 1.42 bits per heavy atom. The largest absolute Gasteiger partial charge is 0.493 e. The van der Waals surface area contributed by atoms with Crippen molar-refractivity contribution in [2.75, 3.05) is 11.9 Å². The molecule has 0 fully saturated rings. The number of hydrogen-bond acceptors (Lipinski definition) is 5. The monoisotopic (exact) mass is 295 g/mol. The number of aryl methyl sites for hydroxylation is 1. The fourth-order valence-electron chi connectivity index (χ4n) is 2.20. The summed E-state index contributed by atoms with van der Waals surface area (Å²) in [5.74, 6) is 0.865. The van der Waals surface area contributed by atoms with Gasteiger partial charge in [0.2, 0.25) is 5.13 Å². The average Bonchev–Trinajstić information content (AvgIpc) is 2.68. The fourth-order valence-corrected chi connectivity index (χ4v) is 3.01. The normalized spacial score (nSPS) is 18.3. The first kappa shape index (κ1) is 12.7. The highest BCUT2D eigenvalue weighted by Crippen LogP contribution is 2.35. The molecule has 0 saturated carbocycles. The van der Waals surface area contributed by atoms with Gasteiger partial charge in [-0.05, 0) is 31.9 Å². The van der Waals surface area contributed by atoms with Crippen LogP contribution in [0, 0.1) is 6.92 Å². The summed E-state index contributed by atoms with van der Waals surface area (Å²) in [4.78, 5) is 0. The Bertz CT molecular complexity index is 587. The van der Waals surface area contributed by atoms with Gasteiger partial charge in [0.25, 0.3) is 0 Å². The maximum atomic E-state index is 6.02. The van der Waals surface area contributed by atoms with Crippen LogP contribution in [0.1, 0.15) is 29.5 Å². The maximum Gasteiger partial charge on any atom is 0.206 e. The van der Waals surface area contributed by atoms with Crippen LogP contribution in [0.4, 0.5) is 5.13 Å². The zero-order valence-corrected chi connectivity index (χ0v) is 12.1. The van der Waals surface area contributed by atoms with E-state index in [2.05, 4.69) is 15.5 Å². The molecule has 1 aliphatic heterocycles. The summed E-state index contributed by atoms with van der Waals surface area (Å²) in [6, 6.07) is 5.99. The predicted molar refractivity (Wildman–Crippen MR) is 77.2 cm³/mol. The molecule has 2 aromatic rings. The molecule has 3 rings (SSSR count). The molecule has 0 amide bonds. The highest BCUT2D eigenvalue weighted by Gasteiger charge is 2.21. The molecular weight excluding hydrogens is 282 g/mol. The van der Waals surface area contributed by atoms with Crippen LogP contribution in [0.2, 0.25) is 5.02 Å². The van der Waals surface area contributed by atoms with Gasteiger partial charge >= 0.3 is 0 Å². The summed E-state index contributed by atoms with van der Waals surface area (Å²) >= 11 is 7.59. The van der Waals surface area contributed by atoms with Gasteiger partial charge in [0.05, 0.1) is 12.6 Å². The zero-order valence-electron chi connectivity index (χ0n) is 10.5. The van der Waals surface area contributed by atoms with Gasteiger partial charge < -0.3 is 10.1 Å². The molecule has 19 heavy (non-hydrogen) atoms. The van der Waals surface area contributed by atoms with Crippen LogP contribution < -0.4 is 10.1 Å². The molecule has 0 aliphatic carbocycles. The van der Waals surface area contributed by atoms with E-state index in [0.717, 1.165) is 40.9 Å². The Hall–Kier alpha value is -1.33. The Labute approximate surface area is 120 Å². The molecule has 4 nitrogen and oxygen atoms in total. The van der Waals surface area contributed by atoms with Crippen LogP contribution in [0.15, 0.2) is 18.2 Å². The number of fused-ring (bicyclic) bond motifs is 1. The second-order valence-electron chi connectivity index (χ2n) is 4.50. The predicted octanol–water partition coefficient (Wildman–Crippen LogP) is 3.83. The third-order valence-electron chi connectivity index (χ3n) is 3.07. The Morgan fingerprint density at radius 3 is 3.11 bits per heavy atom. The van der Waals surface area contributed by atoms with Crippen molar-refractivity contribution in [2.24, 2.45) is 0 Å². The number of nitrogens with one attached hydrogen (secondary N) is 1. The van der Waals surface area contributed by atoms with Crippen LogP contribution in [-0.2, 0) is 0 Å². The number of ether oxygens (including phenoxy) is 1. The van der Waals surface area contributed by atoms with Crippen molar-refractivity contribution < 1.29 is 4.74 Å². The Balaban J connectivity index is 1.89. The van der Waals surface area contributed by atoms with E-state index >= 15 is 0 Å². The number of nitrogens with zero attached hydrogens (tertiary/aromatic N) is 2. The van der Waals surface area contributed by atoms with Gasteiger partial charge in [0.15, 0.2) is 0 Å². The van der Waals surface area contributed by atoms with Gasteiger partial charge in [0, 0.05) is 10.6 Å². The van der Waals surface area contributed by atoms with Gasteiger partial charge in [-0.2, -0.15) is 0 Å². The molecule has 1 aromatic heterocycles. The van der Waals surface area contributed by atoms with Crippen molar-refractivity contribution in [3.05, 3.63) is 33.8 Å². The number of rotatable bonds is 2. The average molecular weight is 296 g/mol. The molecule has 0 bridgehead atoms. The number of aromatic nitrogens is 2. The van der Waals surface area contributed by atoms with Crippen LogP contribution >= 0.6 is 22.9 Å². The van der Waals surface area contributed by atoms with E-state index in [0.29, 0.717) is 5.02 Å². The molecule has 1 N–H and O–H groups in total. The minimum Gasteiger partial charge on any atom is -0.493 e. The van der Waals surface area contributed by atoms with E-state index in [1.165, 1.54) is 0 Å². The third-order valence-corrected chi connectivity index (χ3v) is 4.07. The first-order valence-electron chi connectivity index (χ1n) is 6.21. The summed E-state index contributed by atoms with van der Waals surface area (Å²) in [6.07, 6.45) is 2.01. The molecule has 1 aromatic carbocycles. The van der Waals surface area contributed by atoms with Crippen molar-refractivity contribution in [2.45, 2.75) is 25.8 Å². The second-order valence-corrected chi connectivity index (χ2v) is 6.11. The minimum atomic E-state index is 0.196. The molecule has 1 unspecified atom stereocenters. The standard InChI is InChI=1S/C13H14ClN3OS/c1-8-16-17-13(19-8)15-11-3-2-6-18-12-7-9(14)4-5-10(11)12/h4-5,7,11H,2-3,6H2,1H3,(H,15,17). The van der Waals surface area contributed by atoms with E-state index in [1.807, 2.05) is 25.1 Å². The van der Waals surface area contributed by atoms with E-state index in [9.17, 15) is 0 Å². The zero-order chi connectivity index (χ0) is 13.2. The van der Waals surface area contributed by atoms with Crippen molar-refractivity contribution >= 4 is 28.1 Å². The molecule has 2 heterocycles. The smallest absolute Gasteiger partial charge is 0.206 e. The van der Waals surface area contributed by atoms with Gasteiger partial charge in [-0.25, -0.2) is 0 Å². The van der Waals surface area contributed by atoms with Crippen LogP contribution in [0.3, 0.4) is 0 Å². The number of hydrogen-bond donors (Lipinski definition) is 1. The van der Waals surface area contributed by atoms with Crippen molar-refractivity contribution in [1.29, 1.82) is 0 Å². The molecule has 1 aliphatic rings. The molecule has 0 saturated heterocycles. The van der Waals surface area contributed by atoms with Crippen molar-refractivity contribution in [1.82, 2.24) is 10.2 Å². The molecule has 6 heteroatoms. The summed E-state index contributed by atoms with van der Waals surface area (Å²) in [5, 5.41) is 14.1. The third kappa shape index (κ3) is 2.82. The van der Waals surface area contributed by atoms with Crippen LogP contribution in [-0.4, -0.2) is 16.8 Å². The first-order valence-corrected chi connectivity index (χ1v) is 7.41. The van der Waals surface area contributed by atoms with Crippen molar-refractivity contribution in [3.63, 3.8) is 0 Å². The number of benzene rings is 1. The van der Waals surface area contributed by atoms with Crippen LogP contribution in [0.25, 0.3) is 0 Å². The maximum absolute atomic E-state index is 6.02. The van der Waals surface area contributed by atoms with E-state index in [1.54, 1.807) is 11.3 Å². The summed E-state index contributed by atoms with van der Waals surface area (Å²) < 4.78 is 5.75. The fraction of sp³-hybridized carbons (Fsp3) is 0.385. The number of anilines is 1. The number of halogens is 1. The minimum absolute atomic E-state index is 0.196. The first-order chi connectivity index (χ1) is 9.22. The quantitative estimate of drug-likeness (QED) is 0.915. The summed E-state index contributed by atoms with van der Waals surface area (Å²) in [5.41, 5.74) is 1.13. The van der Waals surface area contributed by atoms with E-state index < -0.39 is 0 Å². The topological polar surface area (TPSA) is 47.0 Å². The van der Waals surface area contributed by atoms with Crippen LogP contribution in [0.5, 0.6) is 5.75 Å². The SMILES string of the molecule is Cc1nnc(NC2CCCOc3cc(Cl)ccc32)s1. The van der Waals surface area contributed by atoms with Gasteiger partial charge in [-0.3, -0.25) is 0 Å². The molecule has 1 atom stereocenters. The van der Waals surface area contributed by atoms with E-state index in [-0.39, 0.29) is 6.04 Å². The lowest BCUT2D eigenvalue weighted by Gasteiger charge is -2.17. The highest BCUT2D eigenvalue weighted by molar-refractivity contribution is 7.15. The lowest BCUT2D eigenvalue weighted by atomic mass is 10.0.